The molecule has 0 spiro atoms. The van der Waals surface area contributed by atoms with Crippen LogP contribution in [0.25, 0.3) is 5.65 Å². The SMILES string of the molecule is CCCc1nc2ccccn2c1C(=O)NC(C)c1ccccc1. The monoisotopic (exact) mass is 307 g/mol. The average molecular weight is 307 g/mol. The molecule has 2 aromatic heterocycles. The maximum atomic E-state index is 12.8. The van der Waals surface area contributed by atoms with Crippen molar-refractivity contribution in [2.24, 2.45) is 0 Å². The van der Waals surface area contributed by atoms with Crippen LogP contribution in [0.4, 0.5) is 0 Å². The highest BCUT2D eigenvalue weighted by Crippen LogP contribution is 2.17. The summed E-state index contributed by atoms with van der Waals surface area (Å²) in [6.07, 6.45) is 3.64. The minimum Gasteiger partial charge on any atom is -0.344 e. The summed E-state index contributed by atoms with van der Waals surface area (Å²) in [4.78, 5) is 17.4. The fraction of sp³-hybridized carbons (Fsp3) is 0.263. The zero-order chi connectivity index (χ0) is 16.2. The van der Waals surface area contributed by atoms with Crippen molar-refractivity contribution in [2.45, 2.75) is 32.7 Å². The van der Waals surface area contributed by atoms with Crippen LogP contribution in [0.15, 0.2) is 54.7 Å². The zero-order valence-corrected chi connectivity index (χ0v) is 13.5. The van der Waals surface area contributed by atoms with E-state index in [1.807, 2.05) is 66.1 Å². The lowest BCUT2D eigenvalue weighted by molar-refractivity contribution is 0.0933. The zero-order valence-electron chi connectivity index (χ0n) is 13.5. The van der Waals surface area contributed by atoms with E-state index in [1.165, 1.54) is 0 Å². The van der Waals surface area contributed by atoms with Gasteiger partial charge < -0.3 is 5.32 Å². The number of nitrogens with one attached hydrogen (secondary N) is 1. The van der Waals surface area contributed by atoms with Gasteiger partial charge in [0.1, 0.15) is 11.3 Å². The maximum Gasteiger partial charge on any atom is 0.270 e. The molecule has 3 aromatic rings. The first-order valence-corrected chi connectivity index (χ1v) is 8.02. The molecule has 118 valence electrons. The van der Waals surface area contributed by atoms with Gasteiger partial charge in [-0.1, -0.05) is 49.7 Å². The molecule has 2 heterocycles. The highest BCUT2D eigenvalue weighted by molar-refractivity contribution is 5.95. The van der Waals surface area contributed by atoms with Gasteiger partial charge in [-0.3, -0.25) is 9.20 Å². The van der Waals surface area contributed by atoms with Crippen LogP contribution in [-0.4, -0.2) is 15.3 Å². The Morgan fingerprint density at radius 1 is 1.17 bits per heavy atom. The summed E-state index contributed by atoms with van der Waals surface area (Å²) < 4.78 is 1.87. The van der Waals surface area contributed by atoms with Crippen molar-refractivity contribution in [3.8, 4) is 0 Å². The van der Waals surface area contributed by atoms with Gasteiger partial charge in [0, 0.05) is 6.20 Å². The van der Waals surface area contributed by atoms with Crippen LogP contribution in [0.2, 0.25) is 0 Å². The summed E-state index contributed by atoms with van der Waals surface area (Å²) in [5.41, 5.74) is 3.40. The number of aromatic nitrogens is 2. The quantitative estimate of drug-likeness (QED) is 0.780. The highest BCUT2D eigenvalue weighted by Gasteiger charge is 2.20. The number of pyridine rings is 1. The summed E-state index contributed by atoms with van der Waals surface area (Å²) in [7, 11) is 0. The van der Waals surface area contributed by atoms with Gasteiger partial charge in [0.25, 0.3) is 5.91 Å². The molecule has 0 bridgehead atoms. The fourth-order valence-electron chi connectivity index (χ4n) is 2.79. The lowest BCUT2D eigenvalue weighted by atomic mass is 10.1. The smallest absolute Gasteiger partial charge is 0.270 e. The Morgan fingerprint density at radius 2 is 1.91 bits per heavy atom. The number of carbonyl (C=O) groups excluding carboxylic acids is 1. The van der Waals surface area contributed by atoms with Gasteiger partial charge in [0.05, 0.1) is 11.7 Å². The second-order valence-corrected chi connectivity index (χ2v) is 5.69. The molecule has 0 aliphatic carbocycles. The van der Waals surface area contributed by atoms with Crippen LogP contribution >= 0.6 is 0 Å². The molecule has 0 saturated carbocycles. The number of aryl methyl sites for hydroxylation is 1. The van der Waals surface area contributed by atoms with Gasteiger partial charge in [-0.05, 0) is 31.0 Å². The molecular formula is C19H21N3O. The van der Waals surface area contributed by atoms with Gasteiger partial charge in [-0.15, -0.1) is 0 Å². The van der Waals surface area contributed by atoms with Crippen molar-refractivity contribution in [1.82, 2.24) is 14.7 Å². The predicted octanol–water partition coefficient (Wildman–Crippen LogP) is 3.78. The normalized spacial score (nSPS) is 12.3. The molecule has 0 radical (unpaired) electrons. The molecule has 1 aromatic carbocycles. The first-order valence-electron chi connectivity index (χ1n) is 8.02. The van der Waals surface area contributed by atoms with Crippen molar-refractivity contribution in [2.75, 3.05) is 0 Å². The van der Waals surface area contributed by atoms with Crippen LogP contribution in [0, 0.1) is 0 Å². The second-order valence-electron chi connectivity index (χ2n) is 5.69. The second kappa shape index (κ2) is 6.65. The van der Waals surface area contributed by atoms with E-state index in [1.54, 1.807) is 0 Å². The summed E-state index contributed by atoms with van der Waals surface area (Å²) in [6, 6.07) is 15.7. The molecule has 1 N–H and O–H groups in total. The number of imidazole rings is 1. The topological polar surface area (TPSA) is 46.4 Å². The number of fused-ring (bicyclic) bond motifs is 1. The Morgan fingerprint density at radius 3 is 2.65 bits per heavy atom. The Bertz CT molecular complexity index is 808. The van der Waals surface area contributed by atoms with Crippen LogP contribution < -0.4 is 5.32 Å². The summed E-state index contributed by atoms with van der Waals surface area (Å²) in [5.74, 6) is -0.0801. The average Bonchev–Trinajstić information content (AvgIpc) is 2.94. The summed E-state index contributed by atoms with van der Waals surface area (Å²) in [5, 5.41) is 3.09. The summed E-state index contributed by atoms with van der Waals surface area (Å²) >= 11 is 0. The number of amides is 1. The largest absolute Gasteiger partial charge is 0.344 e. The molecule has 0 saturated heterocycles. The van der Waals surface area contributed by atoms with E-state index >= 15 is 0 Å². The lowest BCUT2D eigenvalue weighted by Gasteiger charge is -2.14. The van der Waals surface area contributed by atoms with Crippen molar-refractivity contribution in [1.29, 1.82) is 0 Å². The molecular weight excluding hydrogens is 286 g/mol. The number of benzene rings is 1. The van der Waals surface area contributed by atoms with Gasteiger partial charge in [0.2, 0.25) is 0 Å². The van der Waals surface area contributed by atoms with Crippen molar-refractivity contribution in [3.63, 3.8) is 0 Å². The van der Waals surface area contributed by atoms with Gasteiger partial charge in [-0.25, -0.2) is 4.98 Å². The van der Waals surface area contributed by atoms with E-state index in [9.17, 15) is 4.79 Å². The number of carbonyl (C=O) groups is 1. The molecule has 4 heteroatoms. The van der Waals surface area contributed by atoms with E-state index in [-0.39, 0.29) is 11.9 Å². The van der Waals surface area contributed by atoms with E-state index in [2.05, 4.69) is 17.2 Å². The molecule has 0 fully saturated rings. The Kier molecular flexibility index (Phi) is 4.42. The lowest BCUT2D eigenvalue weighted by Crippen LogP contribution is -2.28. The molecule has 1 unspecified atom stereocenters. The minimum absolute atomic E-state index is 0.0487. The van der Waals surface area contributed by atoms with E-state index in [4.69, 9.17) is 0 Å². The third-order valence-corrected chi connectivity index (χ3v) is 3.95. The minimum atomic E-state index is -0.0801. The highest BCUT2D eigenvalue weighted by atomic mass is 16.2. The number of rotatable bonds is 5. The molecule has 23 heavy (non-hydrogen) atoms. The number of hydrogen-bond donors (Lipinski definition) is 1. The molecule has 0 aliphatic rings. The fourth-order valence-corrected chi connectivity index (χ4v) is 2.79. The molecule has 0 aliphatic heterocycles. The van der Waals surface area contributed by atoms with Gasteiger partial charge in [0.15, 0.2) is 0 Å². The Labute approximate surface area is 136 Å². The molecule has 3 rings (SSSR count). The van der Waals surface area contributed by atoms with Crippen LogP contribution in [-0.2, 0) is 6.42 Å². The molecule has 1 atom stereocenters. The standard InChI is InChI=1S/C19H21N3O/c1-3-9-16-18(22-13-8-7-12-17(22)21-16)19(23)20-14(2)15-10-5-4-6-11-15/h4-8,10-14H,3,9H2,1-2H3,(H,20,23). The Hall–Kier alpha value is -2.62. The van der Waals surface area contributed by atoms with Gasteiger partial charge >= 0.3 is 0 Å². The van der Waals surface area contributed by atoms with Crippen LogP contribution in [0.3, 0.4) is 0 Å². The van der Waals surface area contributed by atoms with E-state index in [0.717, 1.165) is 29.7 Å². The third kappa shape index (κ3) is 3.11. The number of nitrogens with zero attached hydrogens (tertiary/aromatic N) is 2. The van der Waals surface area contributed by atoms with Crippen LogP contribution in [0.5, 0.6) is 0 Å². The first kappa shape index (κ1) is 15.3. The van der Waals surface area contributed by atoms with Crippen LogP contribution in [0.1, 0.15) is 48.1 Å². The van der Waals surface area contributed by atoms with E-state index in [0.29, 0.717) is 5.69 Å². The first-order chi connectivity index (χ1) is 11.2. The van der Waals surface area contributed by atoms with Crippen molar-refractivity contribution < 1.29 is 4.79 Å². The predicted molar refractivity (Wildman–Crippen MR) is 91.5 cm³/mol. The van der Waals surface area contributed by atoms with Crippen molar-refractivity contribution in [3.05, 3.63) is 71.7 Å². The van der Waals surface area contributed by atoms with Gasteiger partial charge in [-0.2, -0.15) is 0 Å². The Balaban J connectivity index is 1.92. The van der Waals surface area contributed by atoms with E-state index < -0.39 is 0 Å². The maximum absolute atomic E-state index is 12.8. The molecule has 1 amide bonds. The number of hydrogen-bond acceptors (Lipinski definition) is 2. The molecule has 4 nitrogen and oxygen atoms in total. The summed E-state index contributed by atoms with van der Waals surface area (Å²) in [6.45, 7) is 4.09. The third-order valence-electron chi connectivity index (χ3n) is 3.95. The van der Waals surface area contributed by atoms with Crippen molar-refractivity contribution >= 4 is 11.6 Å².